The summed E-state index contributed by atoms with van der Waals surface area (Å²) in [6, 6.07) is 4.36. The predicted octanol–water partition coefficient (Wildman–Crippen LogP) is 2.61. The Morgan fingerprint density at radius 1 is 1.38 bits per heavy atom. The van der Waals surface area contributed by atoms with Gasteiger partial charge in [-0.15, -0.1) is 0 Å². The molecule has 0 aromatic heterocycles. The van der Waals surface area contributed by atoms with Gasteiger partial charge < -0.3 is 15.0 Å². The van der Waals surface area contributed by atoms with Crippen molar-refractivity contribution in [3.63, 3.8) is 0 Å². The number of fused-ring (bicyclic) bond motifs is 3. The second-order valence-corrected chi connectivity index (χ2v) is 5.85. The molecule has 1 amide bonds. The summed E-state index contributed by atoms with van der Waals surface area (Å²) >= 11 is 0. The monoisotopic (exact) mass is 288 g/mol. The van der Waals surface area contributed by atoms with Gasteiger partial charge in [0.25, 0.3) is 0 Å². The molecule has 4 nitrogen and oxygen atoms in total. The molecule has 2 aliphatic heterocycles. The van der Waals surface area contributed by atoms with Crippen molar-refractivity contribution in [2.75, 3.05) is 25.0 Å². The average Bonchev–Trinajstić information content (AvgIpc) is 3.00. The van der Waals surface area contributed by atoms with E-state index in [1.165, 1.54) is 16.8 Å². The Labute approximate surface area is 126 Å². The van der Waals surface area contributed by atoms with E-state index in [9.17, 15) is 4.79 Å². The predicted molar refractivity (Wildman–Crippen MR) is 83.9 cm³/mol. The first kappa shape index (κ1) is 14.2. The van der Waals surface area contributed by atoms with Crippen molar-refractivity contribution < 1.29 is 9.53 Å². The largest absolute Gasteiger partial charge is 0.491 e. The normalized spacial score (nSPS) is 19.2. The van der Waals surface area contributed by atoms with Crippen LogP contribution < -0.4 is 10.1 Å². The Kier molecular flexibility index (Phi) is 4.04. The number of ether oxygens (including phenoxy) is 1. The molecule has 2 aliphatic rings. The van der Waals surface area contributed by atoms with E-state index >= 15 is 0 Å². The van der Waals surface area contributed by atoms with Crippen LogP contribution in [0.5, 0.6) is 5.75 Å². The van der Waals surface area contributed by atoms with Crippen molar-refractivity contribution in [2.24, 2.45) is 0 Å². The molecule has 0 saturated carbocycles. The molecule has 3 rings (SSSR count). The van der Waals surface area contributed by atoms with Crippen LogP contribution in [0.1, 0.15) is 37.8 Å². The molecule has 2 heterocycles. The average molecular weight is 288 g/mol. The van der Waals surface area contributed by atoms with Gasteiger partial charge in [-0.1, -0.05) is 13.8 Å². The number of rotatable bonds is 4. The van der Waals surface area contributed by atoms with Gasteiger partial charge >= 0.3 is 0 Å². The maximum atomic E-state index is 12.2. The van der Waals surface area contributed by atoms with Crippen LogP contribution in [0.2, 0.25) is 0 Å². The summed E-state index contributed by atoms with van der Waals surface area (Å²) in [6.45, 7) is 6.50. The van der Waals surface area contributed by atoms with Crippen LogP contribution in [0.3, 0.4) is 0 Å². The summed E-state index contributed by atoms with van der Waals surface area (Å²) in [5.41, 5.74) is 3.93. The number of carbonyl (C=O) groups excluding carboxylic acids is 1. The molecule has 4 heteroatoms. The molecule has 0 bridgehead atoms. The van der Waals surface area contributed by atoms with Crippen molar-refractivity contribution >= 4 is 11.6 Å². The van der Waals surface area contributed by atoms with E-state index in [1.54, 1.807) is 0 Å². The van der Waals surface area contributed by atoms with Gasteiger partial charge in [0, 0.05) is 37.2 Å². The van der Waals surface area contributed by atoms with E-state index in [4.69, 9.17) is 4.74 Å². The second kappa shape index (κ2) is 5.96. The zero-order chi connectivity index (χ0) is 14.8. The molecule has 1 N–H and O–H groups in total. The summed E-state index contributed by atoms with van der Waals surface area (Å²) in [7, 11) is 0. The van der Waals surface area contributed by atoms with Gasteiger partial charge in [-0.3, -0.25) is 4.79 Å². The first-order valence-corrected chi connectivity index (χ1v) is 8.05. The zero-order valence-electron chi connectivity index (χ0n) is 12.9. The molecule has 1 aromatic carbocycles. The smallest absolute Gasteiger partial charge is 0.222 e. The van der Waals surface area contributed by atoms with Gasteiger partial charge in [-0.2, -0.15) is 0 Å². The zero-order valence-corrected chi connectivity index (χ0v) is 12.9. The first-order valence-electron chi connectivity index (χ1n) is 8.05. The highest BCUT2D eigenvalue weighted by Gasteiger charge is 2.30. The summed E-state index contributed by atoms with van der Waals surface area (Å²) in [6.07, 6.45) is 3.54. The third kappa shape index (κ3) is 2.59. The summed E-state index contributed by atoms with van der Waals surface area (Å²) in [5.74, 6) is 1.24. The molecule has 0 radical (unpaired) electrons. The standard InChI is InChI=1S/C17H24N2O2/c1-3-9-19(17(20)4-2)12-10-14-13-7-8-18-15(13)5-6-16(14)21-11-12/h5-6,12,18H,3-4,7-11H2,1-2H3. The van der Waals surface area contributed by atoms with Crippen LogP contribution in [0.4, 0.5) is 5.69 Å². The fourth-order valence-corrected chi connectivity index (χ4v) is 3.44. The summed E-state index contributed by atoms with van der Waals surface area (Å²) < 4.78 is 5.96. The lowest BCUT2D eigenvalue weighted by atomic mass is 9.94. The Morgan fingerprint density at radius 2 is 2.24 bits per heavy atom. The van der Waals surface area contributed by atoms with E-state index in [2.05, 4.69) is 24.4 Å². The van der Waals surface area contributed by atoms with Gasteiger partial charge in [0.1, 0.15) is 12.4 Å². The lowest BCUT2D eigenvalue weighted by molar-refractivity contribution is -0.134. The van der Waals surface area contributed by atoms with Crippen LogP contribution in [-0.2, 0) is 17.6 Å². The third-order valence-electron chi connectivity index (χ3n) is 4.48. The molecule has 0 saturated heterocycles. The number of amides is 1. The molecular formula is C17H24N2O2. The number of nitrogens with zero attached hydrogens (tertiary/aromatic N) is 1. The first-order chi connectivity index (χ1) is 10.2. The molecule has 1 atom stereocenters. The number of carbonyl (C=O) groups is 1. The number of hydrogen-bond donors (Lipinski definition) is 1. The van der Waals surface area contributed by atoms with Crippen LogP contribution >= 0.6 is 0 Å². The van der Waals surface area contributed by atoms with E-state index in [1.807, 2.05) is 11.8 Å². The molecule has 1 aromatic rings. The Morgan fingerprint density at radius 3 is 3.00 bits per heavy atom. The minimum absolute atomic E-state index is 0.178. The molecule has 0 spiro atoms. The minimum atomic E-state index is 0.178. The lowest BCUT2D eigenvalue weighted by Crippen LogP contribution is -2.46. The van der Waals surface area contributed by atoms with E-state index in [-0.39, 0.29) is 11.9 Å². The topological polar surface area (TPSA) is 41.6 Å². The third-order valence-corrected chi connectivity index (χ3v) is 4.48. The van der Waals surface area contributed by atoms with E-state index in [0.29, 0.717) is 13.0 Å². The van der Waals surface area contributed by atoms with Gasteiger partial charge in [-0.05, 0) is 30.5 Å². The fraction of sp³-hybridized carbons (Fsp3) is 0.588. The van der Waals surface area contributed by atoms with Crippen LogP contribution in [0.25, 0.3) is 0 Å². The highest BCUT2D eigenvalue weighted by molar-refractivity contribution is 5.76. The van der Waals surface area contributed by atoms with Crippen molar-refractivity contribution in [2.45, 2.75) is 45.6 Å². The van der Waals surface area contributed by atoms with E-state index < -0.39 is 0 Å². The second-order valence-electron chi connectivity index (χ2n) is 5.85. The van der Waals surface area contributed by atoms with Crippen molar-refractivity contribution in [1.82, 2.24) is 4.90 Å². The molecule has 114 valence electrons. The maximum absolute atomic E-state index is 12.2. The fourth-order valence-electron chi connectivity index (χ4n) is 3.44. The SMILES string of the molecule is CCCN(C(=O)CC)C1COc2ccc3c(c2C1)CCN3. The van der Waals surface area contributed by atoms with Crippen molar-refractivity contribution in [3.05, 3.63) is 23.3 Å². The van der Waals surface area contributed by atoms with Crippen molar-refractivity contribution in [1.29, 1.82) is 0 Å². The van der Waals surface area contributed by atoms with Crippen LogP contribution in [-0.4, -0.2) is 36.5 Å². The highest BCUT2D eigenvalue weighted by atomic mass is 16.5. The number of anilines is 1. The van der Waals surface area contributed by atoms with Crippen LogP contribution in [0.15, 0.2) is 12.1 Å². The Balaban J connectivity index is 1.86. The molecular weight excluding hydrogens is 264 g/mol. The van der Waals surface area contributed by atoms with Crippen LogP contribution in [0, 0.1) is 0 Å². The Hall–Kier alpha value is -1.71. The molecule has 1 unspecified atom stereocenters. The van der Waals surface area contributed by atoms with Crippen molar-refractivity contribution in [3.8, 4) is 5.75 Å². The van der Waals surface area contributed by atoms with Gasteiger partial charge in [0.15, 0.2) is 0 Å². The van der Waals surface area contributed by atoms with Gasteiger partial charge in [-0.25, -0.2) is 0 Å². The summed E-state index contributed by atoms with van der Waals surface area (Å²) in [5, 5.41) is 3.42. The number of nitrogens with one attached hydrogen (secondary N) is 1. The Bertz CT molecular complexity index is 542. The van der Waals surface area contributed by atoms with E-state index in [0.717, 1.165) is 38.1 Å². The number of hydrogen-bond acceptors (Lipinski definition) is 3. The minimum Gasteiger partial charge on any atom is -0.491 e. The lowest BCUT2D eigenvalue weighted by Gasteiger charge is -2.35. The molecule has 0 fully saturated rings. The maximum Gasteiger partial charge on any atom is 0.222 e. The highest BCUT2D eigenvalue weighted by Crippen LogP contribution is 2.36. The quantitative estimate of drug-likeness (QED) is 0.926. The van der Waals surface area contributed by atoms with Gasteiger partial charge in [0.05, 0.1) is 6.04 Å². The van der Waals surface area contributed by atoms with Gasteiger partial charge in [0.2, 0.25) is 5.91 Å². The molecule has 0 aliphatic carbocycles. The molecule has 21 heavy (non-hydrogen) atoms. The summed E-state index contributed by atoms with van der Waals surface area (Å²) in [4.78, 5) is 14.2. The number of benzene rings is 1.